The Hall–Kier alpha value is -3.51. The largest absolute Gasteiger partial charge is 0.465 e. The average Bonchev–Trinajstić information content (AvgIpc) is 3.46. The summed E-state index contributed by atoms with van der Waals surface area (Å²) >= 11 is 1.25. The number of nitrogens with zero attached hydrogens (tertiary/aromatic N) is 5. The lowest BCUT2D eigenvalue weighted by Gasteiger charge is -2.44. The number of likely N-dealkylation sites (tertiary alicyclic amines) is 2. The van der Waals surface area contributed by atoms with Crippen molar-refractivity contribution in [2.45, 2.75) is 70.6 Å². The Kier molecular flexibility index (Phi) is 7.82. The molecule has 4 amide bonds. The van der Waals surface area contributed by atoms with E-state index in [4.69, 9.17) is 4.74 Å². The number of imide groups is 1. The van der Waals surface area contributed by atoms with Crippen LogP contribution in [-0.2, 0) is 9.53 Å². The number of amides is 4. The van der Waals surface area contributed by atoms with Crippen molar-refractivity contribution in [1.82, 2.24) is 19.7 Å². The molecule has 1 atom stereocenters. The van der Waals surface area contributed by atoms with Crippen molar-refractivity contribution in [1.29, 1.82) is 0 Å². The van der Waals surface area contributed by atoms with Crippen LogP contribution in [0.25, 0.3) is 10.6 Å². The van der Waals surface area contributed by atoms with Crippen molar-refractivity contribution in [2.24, 2.45) is 0 Å². The lowest BCUT2D eigenvalue weighted by atomic mass is 9.89. The van der Waals surface area contributed by atoms with Gasteiger partial charge >= 0.3 is 12.2 Å². The number of pyridine rings is 1. The van der Waals surface area contributed by atoms with Gasteiger partial charge in [0.1, 0.15) is 5.00 Å². The smallest absolute Gasteiger partial charge is 0.417 e. The third-order valence-electron chi connectivity index (χ3n) is 8.13. The molecule has 1 unspecified atom stereocenters. The molecular weight excluding hydrogens is 546 g/mol. The fourth-order valence-corrected chi connectivity index (χ4v) is 7.42. The fraction of sp³-hybridized carbons (Fsp3) is 0.552. The highest BCUT2D eigenvalue weighted by Crippen LogP contribution is 2.41. The number of likely N-dealkylation sites (N-methyl/N-ethyl adjacent to an activating group) is 1. The summed E-state index contributed by atoms with van der Waals surface area (Å²) in [5.74, 6) is -0.459. The van der Waals surface area contributed by atoms with Gasteiger partial charge < -0.3 is 14.7 Å². The van der Waals surface area contributed by atoms with Crippen molar-refractivity contribution in [3.63, 3.8) is 0 Å². The summed E-state index contributed by atoms with van der Waals surface area (Å²) in [5, 5.41) is 10.5. The van der Waals surface area contributed by atoms with Crippen LogP contribution in [0.5, 0.6) is 0 Å². The maximum absolute atomic E-state index is 13.9. The van der Waals surface area contributed by atoms with E-state index in [-0.39, 0.29) is 17.9 Å². The Bertz CT molecular complexity index is 1330. The lowest BCUT2D eigenvalue weighted by Crippen LogP contribution is -2.58. The Morgan fingerprint density at radius 3 is 2.51 bits per heavy atom. The number of hydrogen-bond donors (Lipinski definition) is 1. The zero-order valence-corrected chi connectivity index (χ0v) is 24.8. The van der Waals surface area contributed by atoms with E-state index in [0.717, 1.165) is 17.8 Å². The molecule has 5 heterocycles. The first-order valence-electron chi connectivity index (χ1n) is 14.1. The van der Waals surface area contributed by atoms with E-state index in [1.54, 1.807) is 44.9 Å². The molecule has 3 aliphatic heterocycles. The molecule has 3 fully saturated rings. The maximum Gasteiger partial charge on any atom is 0.417 e. The van der Waals surface area contributed by atoms with Crippen LogP contribution in [0, 0.1) is 0 Å². The molecule has 3 saturated heterocycles. The fourth-order valence-electron chi connectivity index (χ4n) is 6.11. The van der Waals surface area contributed by atoms with Crippen LogP contribution in [0.3, 0.4) is 0 Å². The van der Waals surface area contributed by atoms with Gasteiger partial charge in [0.25, 0.3) is 11.8 Å². The molecule has 0 radical (unpaired) electrons. The number of hydrogen-bond acceptors (Lipinski definition) is 8. The van der Waals surface area contributed by atoms with E-state index in [1.165, 1.54) is 21.1 Å². The minimum atomic E-state index is -1.12. The Morgan fingerprint density at radius 1 is 1.20 bits per heavy atom. The van der Waals surface area contributed by atoms with Gasteiger partial charge in [0.2, 0.25) is 5.60 Å². The second-order valence-corrected chi connectivity index (χ2v) is 12.9. The normalized spacial score (nSPS) is 22.3. The number of thiophene rings is 1. The number of carbonyl (C=O) groups is 4. The topological polar surface area (TPSA) is 124 Å². The van der Waals surface area contributed by atoms with E-state index < -0.39 is 23.3 Å². The molecule has 41 heavy (non-hydrogen) atoms. The van der Waals surface area contributed by atoms with Gasteiger partial charge in [-0.2, -0.15) is 0 Å². The SMILES string of the molecule is CCN1C(=O)OC2(CCCN(C3CCN(C(=O)c4cc(-c5ccccn5)sc4N(C(=O)O)C(C)(C)C)CC3)C2)C1=O. The summed E-state index contributed by atoms with van der Waals surface area (Å²) in [6.07, 6.45) is 2.66. The summed E-state index contributed by atoms with van der Waals surface area (Å²) in [5.41, 5.74) is -0.845. The highest BCUT2D eigenvalue weighted by Gasteiger charge is 2.55. The van der Waals surface area contributed by atoms with Crippen LogP contribution in [0.15, 0.2) is 30.5 Å². The third-order valence-corrected chi connectivity index (χ3v) is 9.27. The number of carboxylic acid groups (broad SMARTS) is 1. The van der Waals surface area contributed by atoms with E-state index in [1.807, 2.05) is 18.2 Å². The minimum absolute atomic E-state index is 0.148. The van der Waals surface area contributed by atoms with Crippen LogP contribution in [0.4, 0.5) is 14.6 Å². The molecule has 0 saturated carbocycles. The molecule has 2 aromatic heterocycles. The van der Waals surface area contributed by atoms with Crippen LogP contribution >= 0.6 is 11.3 Å². The van der Waals surface area contributed by atoms with E-state index in [2.05, 4.69) is 9.88 Å². The molecule has 220 valence electrons. The Morgan fingerprint density at radius 2 is 1.93 bits per heavy atom. The molecule has 11 nitrogen and oxygen atoms in total. The molecule has 0 bridgehead atoms. The Balaban J connectivity index is 1.34. The first kappa shape index (κ1) is 29.0. The highest BCUT2D eigenvalue weighted by atomic mass is 32.1. The van der Waals surface area contributed by atoms with Crippen molar-refractivity contribution >= 4 is 40.3 Å². The summed E-state index contributed by atoms with van der Waals surface area (Å²) < 4.78 is 5.64. The van der Waals surface area contributed by atoms with Crippen LogP contribution < -0.4 is 4.90 Å². The van der Waals surface area contributed by atoms with Gasteiger partial charge in [-0.25, -0.2) is 14.5 Å². The molecule has 12 heteroatoms. The minimum Gasteiger partial charge on any atom is -0.465 e. The third kappa shape index (κ3) is 5.42. The number of rotatable bonds is 5. The lowest BCUT2D eigenvalue weighted by molar-refractivity contribution is -0.142. The van der Waals surface area contributed by atoms with Crippen LogP contribution in [0.1, 0.15) is 63.7 Å². The first-order valence-corrected chi connectivity index (χ1v) is 14.9. The quantitative estimate of drug-likeness (QED) is 0.545. The predicted octanol–water partition coefficient (Wildman–Crippen LogP) is 4.53. The van der Waals surface area contributed by atoms with Gasteiger partial charge in [0, 0.05) is 44.0 Å². The summed E-state index contributed by atoms with van der Waals surface area (Å²) in [6, 6.07) is 7.41. The summed E-state index contributed by atoms with van der Waals surface area (Å²) in [4.78, 5) is 63.2. The van der Waals surface area contributed by atoms with Crippen molar-refractivity contribution in [3.8, 4) is 10.6 Å². The number of carbonyl (C=O) groups excluding carboxylic acids is 3. The van der Waals surface area contributed by atoms with Gasteiger partial charge in [-0.05, 0) is 78.1 Å². The molecule has 3 aliphatic rings. The van der Waals surface area contributed by atoms with Crippen LogP contribution in [-0.4, -0.2) is 98.7 Å². The maximum atomic E-state index is 13.9. The molecule has 1 spiro atoms. The Labute approximate surface area is 243 Å². The second kappa shape index (κ2) is 11.1. The molecule has 5 rings (SSSR count). The van der Waals surface area contributed by atoms with Crippen LogP contribution in [0.2, 0.25) is 0 Å². The van der Waals surface area contributed by atoms with Gasteiger partial charge in [0.05, 0.1) is 16.1 Å². The summed E-state index contributed by atoms with van der Waals surface area (Å²) in [7, 11) is 0. The molecule has 0 aliphatic carbocycles. The first-order chi connectivity index (χ1) is 19.4. The van der Waals surface area contributed by atoms with Gasteiger partial charge in [-0.3, -0.25) is 24.4 Å². The number of aromatic nitrogens is 1. The number of ether oxygens (including phenoxy) is 1. The van der Waals surface area contributed by atoms with Gasteiger partial charge in [-0.1, -0.05) is 6.07 Å². The summed E-state index contributed by atoms with van der Waals surface area (Å²) in [6.45, 7) is 9.64. The second-order valence-electron chi connectivity index (χ2n) is 11.8. The van der Waals surface area contributed by atoms with E-state index in [0.29, 0.717) is 61.7 Å². The molecule has 2 aromatic rings. The zero-order chi connectivity index (χ0) is 29.5. The standard InChI is InChI=1S/C29H37N5O6S/c1-5-33-25(36)29(40-27(33)39)12-8-14-32(18-29)19-10-15-31(16-11-19)23(35)20-17-22(21-9-6-7-13-30-21)41-24(20)34(26(37)38)28(2,3)4/h6-7,9,13,17,19H,5,8,10-12,14-16,18H2,1-4H3,(H,37,38). The monoisotopic (exact) mass is 583 g/mol. The zero-order valence-electron chi connectivity index (χ0n) is 24.0. The van der Waals surface area contributed by atoms with Gasteiger partial charge in [0.15, 0.2) is 0 Å². The van der Waals surface area contributed by atoms with E-state index in [9.17, 15) is 24.3 Å². The number of piperidine rings is 2. The molecular formula is C29H37N5O6S. The van der Waals surface area contributed by atoms with Gasteiger partial charge in [-0.15, -0.1) is 11.3 Å². The predicted molar refractivity (Wildman–Crippen MR) is 154 cm³/mol. The molecule has 1 N–H and O–H groups in total. The van der Waals surface area contributed by atoms with Crippen molar-refractivity contribution in [3.05, 3.63) is 36.0 Å². The average molecular weight is 584 g/mol. The molecule has 0 aromatic carbocycles. The number of anilines is 1. The van der Waals surface area contributed by atoms with Crippen molar-refractivity contribution in [2.75, 3.05) is 37.6 Å². The van der Waals surface area contributed by atoms with E-state index >= 15 is 0 Å². The highest BCUT2D eigenvalue weighted by molar-refractivity contribution is 7.20. The van der Waals surface area contributed by atoms with Crippen molar-refractivity contribution < 1.29 is 29.0 Å².